The fraction of sp³-hybridized carbons (Fsp3) is 0.300. The van der Waals surface area contributed by atoms with Crippen molar-refractivity contribution in [3.05, 3.63) is 77.5 Å². The van der Waals surface area contributed by atoms with Gasteiger partial charge in [0.05, 0.1) is 11.6 Å². The fourth-order valence-electron chi connectivity index (χ4n) is 2.67. The molecule has 1 aliphatic carbocycles. The van der Waals surface area contributed by atoms with Gasteiger partial charge in [-0.05, 0) is 35.6 Å². The molecule has 0 radical (unpaired) electrons. The third kappa shape index (κ3) is 4.45. The zero-order chi connectivity index (χ0) is 17.6. The van der Waals surface area contributed by atoms with Crippen LogP contribution in [0.1, 0.15) is 43.9 Å². The normalized spacial score (nSPS) is 19.6. The smallest absolute Gasteiger partial charge is 0.305 e. The van der Waals surface area contributed by atoms with Gasteiger partial charge in [0, 0.05) is 6.20 Å². The summed E-state index contributed by atoms with van der Waals surface area (Å²) in [6, 6.07) is 8.21. The van der Waals surface area contributed by atoms with E-state index in [1.807, 2.05) is 26.0 Å². The van der Waals surface area contributed by atoms with Gasteiger partial charge in [-0.25, -0.2) is 0 Å². The minimum atomic E-state index is -2.81. The van der Waals surface area contributed by atoms with Crippen LogP contribution in [0, 0.1) is 0 Å². The van der Waals surface area contributed by atoms with Crippen molar-refractivity contribution in [3.63, 3.8) is 0 Å². The number of dihydropyridines is 1. The quantitative estimate of drug-likeness (QED) is 0.644. The Morgan fingerprint density at radius 1 is 1.17 bits per heavy atom. The summed E-state index contributed by atoms with van der Waals surface area (Å²) in [6.07, 6.45) is 13.2. The molecule has 0 aromatic heterocycles. The third-order valence-corrected chi connectivity index (χ3v) is 3.90. The van der Waals surface area contributed by atoms with Gasteiger partial charge in [0.2, 0.25) is 0 Å². The molecular weight excluding hydrogens is 302 g/mol. The van der Waals surface area contributed by atoms with Crippen LogP contribution in [0.2, 0.25) is 0 Å². The van der Waals surface area contributed by atoms with E-state index in [9.17, 15) is 0 Å². The minimum Gasteiger partial charge on any atom is -0.380 e. The lowest BCUT2D eigenvalue weighted by Gasteiger charge is -2.23. The van der Waals surface area contributed by atoms with Crippen LogP contribution in [0.5, 0.6) is 0 Å². The van der Waals surface area contributed by atoms with Crippen LogP contribution in [-0.2, 0) is 0 Å². The van der Waals surface area contributed by atoms with Crippen LogP contribution in [0.3, 0.4) is 0 Å². The van der Waals surface area contributed by atoms with E-state index < -0.39 is 5.97 Å². The molecule has 4 N–H and O–H groups in total. The second-order valence-electron chi connectivity index (χ2n) is 5.52. The number of rotatable bonds is 3. The second-order valence-corrected chi connectivity index (χ2v) is 5.52. The highest BCUT2D eigenvalue weighted by atomic mass is 16.7. The van der Waals surface area contributed by atoms with Gasteiger partial charge < -0.3 is 20.6 Å². The monoisotopic (exact) mass is 327 g/mol. The van der Waals surface area contributed by atoms with Crippen molar-refractivity contribution in [1.82, 2.24) is 5.32 Å². The van der Waals surface area contributed by atoms with Crippen molar-refractivity contribution in [3.8, 4) is 0 Å². The standard InChI is InChI=1S/C18H19NO3.C2H6/c20-18(21,22)16-9-10-17(19-12-16)15-8-4-7-14(11-15)13-5-2-1-3-6-13;1-2/h1-2,4-5,7-12,17,19-22H,3,6H2;1-2H3. The minimum absolute atomic E-state index is 0.0139. The summed E-state index contributed by atoms with van der Waals surface area (Å²) in [4.78, 5) is 0. The van der Waals surface area contributed by atoms with Gasteiger partial charge in [-0.2, -0.15) is 0 Å². The summed E-state index contributed by atoms with van der Waals surface area (Å²) in [5.74, 6) is -2.81. The first-order valence-corrected chi connectivity index (χ1v) is 8.32. The maximum absolute atomic E-state index is 9.15. The molecule has 1 heterocycles. The predicted octanol–water partition coefficient (Wildman–Crippen LogP) is 3.16. The van der Waals surface area contributed by atoms with Gasteiger partial charge >= 0.3 is 5.97 Å². The van der Waals surface area contributed by atoms with Crippen molar-refractivity contribution in [2.24, 2.45) is 0 Å². The molecule has 24 heavy (non-hydrogen) atoms. The van der Waals surface area contributed by atoms with Crippen molar-refractivity contribution in [2.75, 3.05) is 0 Å². The molecular formula is C20H25NO3. The average molecular weight is 327 g/mol. The van der Waals surface area contributed by atoms with Gasteiger partial charge in [-0.15, -0.1) is 0 Å². The lowest BCUT2D eigenvalue weighted by molar-refractivity contribution is -0.279. The third-order valence-electron chi connectivity index (χ3n) is 3.90. The first-order chi connectivity index (χ1) is 11.5. The average Bonchev–Trinajstić information content (AvgIpc) is 2.64. The molecule has 1 unspecified atom stereocenters. The molecule has 1 atom stereocenters. The summed E-state index contributed by atoms with van der Waals surface area (Å²) >= 11 is 0. The number of allylic oxidation sites excluding steroid dienone is 4. The molecule has 2 aliphatic rings. The molecule has 128 valence electrons. The Labute approximate surface area is 143 Å². The van der Waals surface area contributed by atoms with E-state index in [-0.39, 0.29) is 11.6 Å². The van der Waals surface area contributed by atoms with Crippen LogP contribution < -0.4 is 5.32 Å². The van der Waals surface area contributed by atoms with E-state index in [1.165, 1.54) is 23.4 Å². The van der Waals surface area contributed by atoms with Crippen LogP contribution in [0.15, 0.2) is 66.4 Å². The van der Waals surface area contributed by atoms with Crippen LogP contribution >= 0.6 is 0 Å². The van der Waals surface area contributed by atoms with E-state index in [0.29, 0.717) is 0 Å². The van der Waals surface area contributed by atoms with Crippen LogP contribution in [-0.4, -0.2) is 21.3 Å². The van der Waals surface area contributed by atoms with Crippen molar-refractivity contribution < 1.29 is 15.3 Å². The van der Waals surface area contributed by atoms with E-state index >= 15 is 0 Å². The number of aliphatic hydroxyl groups is 3. The second kappa shape index (κ2) is 8.11. The molecule has 4 nitrogen and oxygen atoms in total. The van der Waals surface area contributed by atoms with Crippen molar-refractivity contribution in [2.45, 2.75) is 38.7 Å². The lowest BCUT2D eigenvalue weighted by Crippen LogP contribution is -2.32. The lowest BCUT2D eigenvalue weighted by atomic mass is 9.93. The Morgan fingerprint density at radius 3 is 2.54 bits per heavy atom. The maximum Gasteiger partial charge on any atom is 0.305 e. The Balaban J connectivity index is 0.00000100. The molecule has 0 saturated heterocycles. The topological polar surface area (TPSA) is 72.7 Å². The summed E-state index contributed by atoms with van der Waals surface area (Å²) in [7, 11) is 0. The van der Waals surface area contributed by atoms with E-state index in [4.69, 9.17) is 15.3 Å². The molecule has 0 bridgehead atoms. The van der Waals surface area contributed by atoms with Crippen molar-refractivity contribution in [1.29, 1.82) is 0 Å². The zero-order valence-electron chi connectivity index (χ0n) is 14.1. The van der Waals surface area contributed by atoms with E-state index in [1.54, 1.807) is 6.08 Å². The summed E-state index contributed by atoms with van der Waals surface area (Å²) in [6.45, 7) is 4.00. The largest absolute Gasteiger partial charge is 0.380 e. The van der Waals surface area contributed by atoms with Gasteiger partial charge in [0.25, 0.3) is 0 Å². The van der Waals surface area contributed by atoms with Crippen LogP contribution in [0.4, 0.5) is 0 Å². The Hall–Kier alpha value is -2.14. The van der Waals surface area contributed by atoms with Gasteiger partial charge in [-0.3, -0.25) is 0 Å². The van der Waals surface area contributed by atoms with Crippen LogP contribution in [0.25, 0.3) is 5.57 Å². The van der Waals surface area contributed by atoms with E-state index in [0.717, 1.165) is 18.4 Å². The number of nitrogens with one attached hydrogen (secondary N) is 1. The Bertz CT molecular complexity index is 678. The molecule has 0 saturated carbocycles. The number of hydrogen-bond acceptors (Lipinski definition) is 4. The fourth-order valence-corrected chi connectivity index (χ4v) is 2.67. The molecule has 1 aromatic rings. The molecule has 0 fully saturated rings. The van der Waals surface area contributed by atoms with Gasteiger partial charge in [0.1, 0.15) is 0 Å². The molecule has 1 aliphatic heterocycles. The SMILES string of the molecule is CC.OC(O)(O)C1=CNC(c2cccc(C3=CC=CCC3)c2)C=C1. The molecule has 0 amide bonds. The summed E-state index contributed by atoms with van der Waals surface area (Å²) in [5, 5.41) is 30.5. The highest BCUT2D eigenvalue weighted by molar-refractivity contribution is 5.68. The Kier molecular flexibility index (Phi) is 6.15. The number of hydrogen-bond donors (Lipinski definition) is 4. The van der Waals surface area contributed by atoms with E-state index in [2.05, 4.69) is 35.7 Å². The molecule has 1 aromatic carbocycles. The highest BCUT2D eigenvalue weighted by Crippen LogP contribution is 2.28. The Morgan fingerprint density at radius 2 is 1.96 bits per heavy atom. The zero-order valence-corrected chi connectivity index (χ0v) is 14.1. The molecule has 4 heteroatoms. The molecule has 0 spiro atoms. The summed E-state index contributed by atoms with van der Waals surface area (Å²) in [5.41, 5.74) is 3.62. The van der Waals surface area contributed by atoms with Crippen molar-refractivity contribution >= 4 is 5.57 Å². The highest BCUT2D eigenvalue weighted by Gasteiger charge is 2.25. The van der Waals surface area contributed by atoms with Gasteiger partial charge in [0.15, 0.2) is 0 Å². The first-order valence-electron chi connectivity index (χ1n) is 8.32. The molecule has 3 rings (SSSR count). The predicted molar refractivity (Wildman–Crippen MR) is 96.6 cm³/mol. The summed E-state index contributed by atoms with van der Waals surface area (Å²) < 4.78 is 0. The number of benzene rings is 1. The maximum atomic E-state index is 9.15. The first kappa shape index (κ1) is 18.2. The van der Waals surface area contributed by atoms with Gasteiger partial charge in [-0.1, -0.05) is 62.4 Å².